The van der Waals surface area contributed by atoms with E-state index in [1.54, 1.807) is 0 Å². The van der Waals surface area contributed by atoms with Crippen LogP contribution < -0.4 is 4.72 Å². The highest BCUT2D eigenvalue weighted by Gasteiger charge is 2.28. The van der Waals surface area contributed by atoms with Crippen molar-refractivity contribution in [2.24, 2.45) is 5.41 Å². The van der Waals surface area contributed by atoms with Gasteiger partial charge in [0.15, 0.2) is 0 Å². The lowest BCUT2D eigenvalue weighted by atomic mass is 9.95. The quantitative estimate of drug-likeness (QED) is 0.573. The van der Waals surface area contributed by atoms with Crippen molar-refractivity contribution in [3.05, 3.63) is 39.9 Å². The summed E-state index contributed by atoms with van der Waals surface area (Å²) in [5.41, 5.74) is -0.972. The summed E-state index contributed by atoms with van der Waals surface area (Å²) < 4.78 is 25.9. The van der Waals surface area contributed by atoms with Crippen molar-refractivity contribution in [2.75, 3.05) is 6.54 Å². The second-order valence-corrected chi connectivity index (χ2v) is 7.00. The van der Waals surface area contributed by atoms with E-state index in [1.807, 2.05) is 0 Å². The summed E-state index contributed by atoms with van der Waals surface area (Å²) in [6.45, 7) is 2.57. The number of hydrogen-bond acceptors (Lipinski definition) is 5. The molecule has 116 valence electrons. The molecule has 0 fully saturated rings. The predicted octanol–water partition coefficient (Wildman–Crippen LogP) is 1.12. The summed E-state index contributed by atoms with van der Waals surface area (Å²) >= 11 is 0. The van der Waals surface area contributed by atoms with Gasteiger partial charge in [-0.05, 0) is 19.4 Å². The molecule has 0 atom stereocenters. The van der Waals surface area contributed by atoms with Crippen LogP contribution in [0.3, 0.4) is 0 Å². The monoisotopic (exact) mass is 316 g/mol. The predicted molar refractivity (Wildman–Crippen MR) is 75.1 cm³/mol. The van der Waals surface area contributed by atoms with E-state index in [1.165, 1.54) is 38.1 Å². The smallest absolute Gasteiger partial charge is 0.310 e. The molecule has 0 spiro atoms. The van der Waals surface area contributed by atoms with E-state index >= 15 is 0 Å². The summed E-state index contributed by atoms with van der Waals surface area (Å²) in [5, 5.41) is 19.4. The minimum absolute atomic E-state index is 0.129. The van der Waals surface area contributed by atoms with Crippen molar-refractivity contribution in [1.82, 2.24) is 4.72 Å². The molecule has 8 nitrogen and oxygen atoms in total. The third kappa shape index (κ3) is 5.12. The molecule has 0 heterocycles. The lowest BCUT2D eigenvalue weighted by Gasteiger charge is -2.19. The van der Waals surface area contributed by atoms with Crippen LogP contribution in [0.15, 0.2) is 24.3 Å². The van der Waals surface area contributed by atoms with Crippen LogP contribution >= 0.6 is 0 Å². The molecule has 21 heavy (non-hydrogen) atoms. The van der Waals surface area contributed by atoms with Crippen LogP contribution in [0.4, 0.5) is 5.69 Å². The van der Waals surface area contributed by atoms with E-state index in [-0.39, 0.29) is 18.0 Å². The molecule has 0 aliphatic rings. The number of sulfonamides is 1. The molecule has 0 saturated carbocycles. The van der Waals surface area contributed by atoms with Crippen molar-refractivity contribution in [3.63, 3.8) is 0 Å². The number of nitro benzene ring substituents is 1. The lowest BCUT2D eigenvalue weighted by Crippen LogP contribution is -2.39. The number of carboxylic acids is 1. The van der Waals surface area contributed by atoms with Gasteiger partial charge in [0.2, 0.25) is 10.0 Å². The Morgan fingerprint density at radius 3 is 2.29 bits per heavy atom. The molecule has 1 aromatic rings. The number of non-ortho nitro benzene ring substituents is 1. The van der Waals surface area contributed by atoms with Crippen molar-refractivity contribution in [3.8, 4) is 0 Å². The zero-order valence-corrected chi connectivity index (χ0v) is 12.4. The Morgan fingerprint density at radius 2 is 1.86 bits per heavy atom. The Hall–Kier alpha value is -2.00. The van der Waals surface area contributed by atoms with Gasteiger partial charge in [-0.3, -0.25) is 14.9 Å². The van der Waals surface area contributed by atoms with Crippen molar-refractivity contribution < 1.29 is 23.2 Å². The number of hydrogen-bond donors (Lipinski definition) is 2. The van der Waals surface area contributed by atoms with Crippen molar-refractivity contribution in [1.29, 1.82) is 0 Å². The van der Waals surface area contributed by atoms with Gasteiger partial charge in [-0.15, -0.1) is 0 Å². The van der Waals surface area contributed by atoms with Crippen LogP contribution in [0.5, 0.6) is 0 Å². The molecule has 0 aliphatic carbocycles. The van der Waals surface area contributed by atoms with E-state index < -0.39 is 26.3 Å². The molecule has 9 heteroatoms. The zero-order valence-electron chi connectivity index (χ0n) is 11.6. The Morgan fingerprint density at radius 1 is 1.33 bits per heavy atom. The molecule has 0 aromatic heterocycles. The van der Waals surface area contributed by atoms with Gasteiger partial charge < -0.3 is 5.11 Å². The fraction of sp³-hybridized carbons (Fsp3) is 0.417. The Balaban J connectivity index is 2.72. The van der Waals surface area contributed by atoms with Gasteiger partial charge in [0, 0.05) is 18.7 Å². The standard InChI is InChI=1S/C12H16N2O6S/c1-12(2,11(15)16)8-13-21(19,20)7-9-3-5-10(6-4-9)14(17)18/h3-6,13H,7-8H2,1-2H3,(H,15,16). The third-order valence-electron chi connectivity index (χ3n) is 2.82. The molecule has 0 unspecified atom stereocenters. The molecule has 0 bridgehead atoms. The van der Waals surface area contributed by atoms with Crippen LogP contribution in [0.1, 0.15) is 19.4 Å². The summed E-state index contributed by atoms with van der Waals surface area (Å²) in [6, 6.07) is 5.12. The number of nitrogens with one attached hydrogen (secondary N) is 1. The van der Waals surface area contributed by atoms with Crippen LogP contribution in [0.2, 0.25) is 0 Å². The third-order valence-corrected chi connectivity index (χ3v) is 4.11. The number of nitro groups is 1. The Labute approximate surface area is 122 Å². The number of carbonyl (C=O) groups is 1. The second-order valence-electron chi connectivity index (χ2n) is 5.19. The number of nitrogens with zero attached hydrogens (tertiary/aromatic N) is 1. The second kappa shape index (κ2) is 6.19. The number of aliphatic carboxylic acids is 1. The average Bonchev–Trinajstić information content (AvgIpc) is 2.37. The van der Waals surface area contributed by atoms with Gasteiger partial charge >= 0.3 is 5.97 Å². The molecular formula is C12H16N2O6S. The average molecular weight is 316 g/mol. The van der Waals surface area contributed by atoms with Gasteiger partial charge in [-0.1, -0.05) is 12.1 Å². The maximum atomic E-state index is 11.9. The lowest BCUT2D eigenvalue weighted by molar-refractivity contribution is -0.384. The summed E-state index contributed by atoms with van der Waals surface area (Å²) in [4.78, 5) is 20.8. The fourth-order valence-corrected chi connectivity index (χ4v) is 2.66. The first-order valence-electron chi connectivity index (χ1n) is 5.97. The van der Waals surface area contributed by atoms with Crippen molar-refractivity contribution in [2.45, 2.75) is 19.6 Å². The first kappa shape index (κ1) is 17.1. The van der Waals surface area contributed by atoms with E-state index in [2.05, 4.69) is 4.72 Å². The van der Waals surface area contributed by atoms with Gasteiger partial charge in [-0.2, -0.15) is 0 Å². The maximum Gasteiger partial charge on any atom is 0.310 e. The van der Waals surface area contributed by atoms with E-state index in [0.29, 0.717) is 5.56 Å². The molecule has 1 rings (SSSR count). The number of rotatable bonds is 7. The summed E-state index contributed by atoms with van der Waals surface area (Å²) in [5.74, 6) is -1.48. The van der Waals surface area contributed by atoms with E-state index in [9.17, 15) is 23.3 Å². The molecule has 0 amide bonds. The SMILES string of the molecule is CC(C)(CNS(=O)(=O)Cc1ccc([N+](=O)[O-])cc1)C(=O)O. The molecule has 2 N–H and O–H groups in total. The fourth-order valence-electron chi connectivity index (χ4n) is 1.35. The highest BCUT2D eigenvalue weighted by Crippen LogP contribution is 2.16. The van der Waals surface area contributed by atoms with Gasteiger partial charge in [-0.25, -0.2) is 13.1 Å². The zero-order chi connectivity index (χ0) is 16.3. The minimum Gasteiger partial charge on any atom is -0.481 e. The highest BCUT2D eigenvalue weighted by atomic mass is 32.2. The van der Waals surface area contributed by atoms with Gasteiger partial charge in [0.05, 0.1) is 16.1 Å². The summed E-state index contributed by atoms with van der Waals surface area (Å²) in [6.07, 6.45) is 0. The molecule has 0 saturated heterocycles. The largest absolute Gasteiger partial charge is 0.481 e. The maximum absolute atomic E-state index is 11.9. The van der Waals surface area contributed by atoms with Crippen LogP contribution in [0, 0.1) is 15.5 Å². The minimum atomic E-state index is -3.72. The normalized spacial score (nSPS) is 12.1. The molecule has 0 aliphatic heterocycles. The van der Waals surface area contributed by atoms with Gasteiger partial charge in [0.25, 0.3) is 5.69 Å². The van der Waals surface area contributed by atoms with Crippen LogP contribution in [-0.2, 0) is 20.6 Å². The Kier molecular flexibility index (Phi) is 5.02. The van der Waals surface area contributed by atoms with Crippen molar-refractivity contribution >= 4 is 21.7 Å². The Bertz CT molecular complexity index is 636. The topological polar surface area (TPSA) is 127 Å². The molecular weight excluding hydrogens is 300 g/mol. The highest BCUT2D eigenvalue weighted by molar-refractivity contribution is 7.88. The summed E-state index contributed by atoms with van der Waals surface area (Å²) in [7, 11) is -3.72. The first-order chi connectivity index (χ1) is 9.53. The molecule has 1 aromatic carbocycles. The molecule has 0 radical (unpaired) electrons. The van der Waals surface area contributed by atoms with Crippen LogP contribution in [0.25, 0.3) is 0 Å². The van der Waals surface area contributed by atoms with Gasteiger partial charge in [0.1, 0.15) is 0 Å². The van der Waals surface area contributed by atoms with Crippen LogP contribution in [-0.4, -0.2) is 31.0 Å². The number of carboxylic acid groups (broad SMARTS) is 1. The number of benzene rings is 1. The van der Waals surface area contributed by atoms with E-state index in [0.717, 1.165) is 0 Å². The first-order valence-corrected chi connectivity index (χ1v) is 7.63. The van der Waals surface area contributed by atoms with E-state index in [4.69, 9.17) is 5.11 Å².